The van der Waals surface area contributed by atoms with E-state index >= 15 is 0 Å². The SMILES string of the molecule is CNCC(=O)NCc1cc2c3c(c(-c4ccccc4)[nH]c3c1)C=NNC2=O. The van der Waals surface area contributed by atoms with Gasteiger partial charge >= 0.3 is 0 Å². The van der Waals surface area contributed by atoms with Gasteiger partial charge in [0.25, 0.3) is 5.91 Å². The van der Waals surface area contributed by atoms with Crippen molar-refractivity contribution in [1.82, 2.24) is 21.0 Å². The Labute approximate surface area is 155 Å². The van der Waals surface area contributed by atoms with E-state index in [1.165, 1.54) is 0 Å². The number of amides is 2. The highest BCUT2D eigenvalue weighted by molar-refractivity contribution is 6.17. The van der Waals surface area contributed by atoms with Gasteiger partial charge in [0.2, 0.25) is 5.91 Å². The van der Waals surface area contributed by atoms with Gasteiger partial charge in [0.1, 0.15) is 0 Å². The number of nitrogens with zero attached hydrogens (tertiary/aromatic N) is 1. The first-order valence-electron chi connectivity index (χ1n) is 8.66. The zero-order valence-electron chi connectivity index (χ0n) is 14.8. The third-order valence-corrected chi connectivity index (χ3v) is 4.49. The highest BCUT2D eigenvalue weighted by atomic mass is 16.2. The molecule has 0 unspecified atom stereocenters. The van der Waals surface area contributed by atoms with E-state index in [1.807, 2.05) is 36.4 Å². The van der Waals surface area contributed by atoms with Gasteiger partial charge in [0, 0.05) is 23.0 Å². The molecule has 0 fully saturated rings. The van der Waals surface area contributed by atoms with Crippen LogP contribution in [0, 0.1) is 0 Å². The zero-order valence-corrected chi connectivity index (χ0v) is 14.8. The van der Waals surface area contributed by atoms with Gasteiger partial charge in [-0.1, -0.05) is 30.3 Å². The summed E-state index contributed by atoms with van der Waals surface area (Å²) in [6.45, 7) is 0.584. The molecule has 7 nitrogen and oxygen atoms in total. The molecule has 2 amide bonds. The smallest absolute Gasteiger partial charge is 0.272 e. The lowest BCUT2D eigenvalue weighted by atomic mass is 10.00. The third-order valence-electron chi connectivity index (χ3n) is 4.49. The molecular formula is C20H19N5O2. The van der Waals surface area contributed by atoms with Crippen molar-refractivity contribution in [3.05, 3.63) is 59.2 Å². The fourth-order valence-corrected chi connectivity index (χ4v) is 3.30. The van der Waals surface area contributed by atoms with Gasteiger partial charge in [-0.15, -0.1) is 0 Å². The van der Waals surface area contributed by atoms with Crippen LogP contribution >= 0.6 is 0 Å². The van der Waals surface area contributed by atoms with Gasteiger partial charge in [-0.3, -0.25) is 9.59 Å². The van der Waals surface area contributed by atoms with Crippen LogP contribution < -0.4 is 16.1 Å². The van der Waals surface area contributed by atoms with E-state index in [2.05, 4.69) is 26.1 Å². The van der Waals surface area contributed by atoms with Gasteiger partial charge in [0.15, 0.2) is 0 Å². The van der Waals surface area contributed by atoms with Gasteiger partial charge < -0.3 is 15.6 Å². The topological polar surface area (TPSA) is 98.4 Å². The predicted octanol–water partition coefficient (Wildman–Crippen LogP) is 1.75. The Morgan fingerprint density at radius 1 is 1.19 bits per heavy atom. The summed E-state index contributed by atoms with van der Waals surface area (Å²) in [6, 6.07) is 13.7. The number of benzene rings is 2. The number of likely N-dealkylation sites (N-methyl/N-ethyl adjacent to an activating group) is 1. The summed E-state index contributed by atoms with van der Waals surface area (Å²) in [5.41, 5.74) is 7.55. The second kappa shape index (κ2) is 7.05. The maximum Gasteiger partial charge on any atom is 0.272 e. The van der Waals surface area contributed by atoms with Crippen molar-refractivity contribution in [1.29, 1.82) is 0 Å². The molecule has 1 aliphatic heterocycles. The number of aromatic nitrogens is 1. The number of rotatable bonds is 5. The third kappa shape index (κ3) is 3.20. The Bertz CT molecular complexity index is 1050. The van der Waals surface area contributed by atoms with Crippen LogP contribution in [-0.4, -0.2) is 36.6 Å². The average Bonchev–Trinajstić information content (AvgIpc) is 2.96. The molecule has 0 saturated heterocycles. The summed E-state index contributed by atoms with van der Waals surface area (Å²) >= 11 is 0. The molecule has 0 aliphatic carbocycles. The number of carbonyl (C=O) groups is 2. The number of hydrazone groups is 1. The highest BCUT2D eigenvalue weighted by Crippen LogP contribution is 2.33. The first-order valence-corrected chi connectivity index (χ1v) is 8.66. The molecule has 0 bridgehead atoms. The number of carbonyl (C=O) groups excluding carboxylic acids is 2. The van der Waals surface area contributed by atoms with E-state index in [-0.39, 0.29) is 18.4 Å². The highest BCUT2D eigenvalue weighted by Gasteiger charge is 2.21. The number of hydrogen-bond acceptors (Lipinski definition) is 4. The van der Waals surface area contributed by atoms with Gasteiger partial charge in [0.05, 0.1) is 24.0 Å². The van der Waals surface area contributed by atoms with Gasteiger partial charge in [-0.25, -0.2) is 5.43 Å². The maximum absolute atomic E-state index is 12.5. The molecule has 7 heteroatoms. The molecule has 3 aromatic rings. The first-order chi connectivity index (χ1) is 13.2. The van der Waals surface area contributed by atoms with Crippen molar-refractivity contribution in [2.45, 2.75) is 6.54 Å². The molecule has 4 rings (SSSR count). The molecular weight excluding hydrogens is 342 g/mol. The lowest BCUT2D eigenvalue weighted by molar-refractivity contribution is -0.120. The average molecular weight is 361 g/mol. The Balaban J connectivity index is 1.82. The Kier molecular flexibility index (Phi) is 4.43. The fraction of sp³-hybridized carbons (Fsp3) is 0.150. The number of nitrogens with one attached hydrogen (secondary N) is 4. The summed E-state index contributed by atoms with van der Waals surface area (Å²) in [7, 11) is 1.72. The molecule has 0 saturated carbocycles. The van der Waals surface area contributed by atoms with Crippen LogP contribution in [0.25, 0.3) is 22.2 Å². The molecule has 1 aliphatic rings. The summed E-state index contributed by atoms with van der Waals surface area (Å²) in [6.07, 6.45) is 1.67. The summed E-state index contributed by atoms with van der Waals surface area (Å²) in [5, 5.41) is 10.5. The van der Waals surface area contributed by atoms with Crippen molar-refractivity contribution in [2.75, 3.05) is 13.6 Å². The second-order valence-corrected chi connectivity index (χ2v) is 6.35. The molecule has 2 aromatic carbocycles. The van der Waals surface area contributed by atoms with E-state index in [9.17, 15) is 9.59 Å². The van der Waals surface area contributed by atoms with Crippen LogP contribution in [0.3, 0.4) is 0 Å². The number of aromatic amines is 1. The Morgan fingerprint density at radius 2 is 2.00 bits per heavy atom. The monoisotopic (exact) mass is 361 g/mol. The lowest BCUT2D eigenvalue weighted by Crippen LogP contribution is -2.31. The summed E-state index contributed by atoms with van der Waals surface area (Å²) in [4.78, 5) is 27.6. The maximum atomic E-state index is 12.5. The molecule has 0 radical (unpaired) electrons. The molecule has 0 atom stereocenters. The van der Waals surface area contributed by atoms with Gasteiger partial charge in [-0.2, -0.15) is 5.10 Å². The zero-order chi connectivity index (χ0) is 18.8. The first kappa shape index (κ1) is 17.0. The lowest BCUT2D eigenvalue weighted by Gasteiger charge is -2.08. The van der Waals surface area contributed by atoms with E-state index in [0.29, 0.717) is 12.1 Å². The minimum Gasteiger partial charge on any atom is -0.354 e. The minimum atomic E-state index is -0.267. The number of hydrogen-bond donors (Lipinski definition) is 4. The quantitative estimate of drug-likeness (QED) is 0.557. The van der Waals surface area contributed by atoms with Crippen molar-refractivity contribution in [3.63, 3.8) is 0 Å². The van der Waals surface area contributed by atoms with Crippen LogP contribution in [0.15, 0.2) is 47.6 Å². The summed E-state index contributed by atoms with van der Waals surface area (Å²) < 4.78 is 0. The second-order valence-electron chi connectivity index (χ2n) is 6.35. The Morgan fingerprint density at radius 3 is 2.78 bits per heavy atom. The molecule has 0 spiro atoms. The normalized spacial score (nSPS) is 12.7. The van der Waals surface area contributed by atoms with Crippen LogP contribution in [0.2, 0.25) is 0 Å². The Hall–Kier alpha value is -3.45. The molecule has 136 valence electrons. The van der Waals surface area contributed by atoms with Crippen molar-refractivity contribution >= 4 is 28.9 Å². The number of H-pyrrole nitrogens is 1. The van der Waals surface area contributed by atoms with Gasteiger partial charge in [-0.05, 0) is 30.3 Å². The molecule has 4 N–H and O–H groups in total. The summed E-state index contributed by atoms with van der Waals surface area (Å²) in [5.74, 6) is -0.370. The molecule has 1 aromatic heterocycles. The van der Waals surface area contributed by atoms with Crippen molar-refractivity contribution in [3.8, 4) is 11.3 Å². The largest absolute Gasteiger partial charge is 0.354 e. The van der Waals surface area contributed by atoms with Crippen LogP contribution in [-0.2, 0) is 11.3 Å². The predicted molar refractivity (Wildman–Crippen MR) is 105 cm³/mol. The van der Waals surface area contributed by atoms with Crippen molar-refractivity contribution < 1.29 is 9.59 Å². The molecule has 2 heterocycles. The minimum absolute atomic E-state index is 0.103. The van der Waals surface area contributed by atoms with Crippen molar-refractivity contribution in [2.24, 2.45) is 5.10 Å². The molecule has 27 heavy (non-hydrogen) atoms. The van der Waals surface area contributed by atoms with E-state index in [1.54, 1.807) is 19.3 Å². The standard InChI is InChI=1S/C20H19N5O2/c1-21-11-17(26)22-9-12-7-14-18-15(10-23-25-20(14)27)19(24-16(18)8-12)13-5-3-2-4-6-13/h2-8,10,21,24H,9,11H2,1H3,(H,22,26)(H,25,27). The van der Waals surface area contributed by atoms with Crippen LogP contribution in [0.4, 0.5) is 0 Å². The fourth-order valence-electron chi connectivity index (χ4n) is 3.30. The van der Waals surface area contributed by atoms with Crippen LogP contribution in [0.1, 0.15) is 21.5 Å². The van der Waals surface area contributed by atoms with E-state index in [0.717, 1.165) is 33.3 Å². The van der Waals surface area contributed by atoms with Crippen LogP contribution in [0.5, 0.6) is 0 Å². The van der Waals surface area contributed by atoms with E-state index in [4.69, 9.17) is 0 Å². The van der Waals surface area contributed by atoms with E-state index < -0.39 is 0 Å².